The molecule has 0 saturated heterocycles. The fourth-order valence-electron chi connectivity index (χ4n) is 2.83. The minimum atomic E-state index is -0.331. The predicted octanol–water partition coefficient (Wildman–Crippen LogP) is 4.58. The van der Waals surface area contributed by atoms with Gasteiger partial charge in [0.1, 0.15) is 5.82 Å². The Morgan fingerprint density at radius 2 is 1.90 bits per heavy atom. The molecule has 1 unspecified atom stereocenters. The molecule has 102 valence electrons. The number of Topliss-reactive ketones (excluding diaryl/α,β-unsaturated/α-hetero) is 1. The molecule has 1 aliphatic carbocycles. The molecule has 1 nitrogen and oxygen atoms in total. The number of fused-ring (bicyclic) bond motifs is 1. The first-order chi connectivity index (χ1) is 9.65. The molecular weight excluding hydrogens is 319 g/mol. The smallest absolute Gasteiger partial charge is 0.167 e. The standard InChI is InChI=1S/C17H14BrFO/c18-16-10-14(19)7-8-15(16)17(20)13-6-5-11-3-1-2-4-12(11)9-13/h1-4,7-8,10,13H,5-6,9H2. The van der Waals surface area contributed by atoms with E-state index in [2.05, 4.69) is 28.1 Å². The number of halogens is 2. The Hall–Kier alpha value is -1.48. The van der Waals surface area contributed by atoms with Gasteiger partial charge in [-0.3, -0.25) is 4.79 Å². The summed E-state index contributed by atoms with van der Waals surface area (Å²) in [5, 5.41) is 0. The zero-order chi connectivity index (χ0) is 14.1. The van der Waals surface area contributed by atoms with E-state index in [1.54, 1.807) is 6.07 Å². The van der Waals surface area contributed by atoms with E-state index in [1.807, 2.05) is 12.1 Å². The molecule has 2 aromatic carbocycles. The molecule has 1 aliphatic rings. The van der Waals surface area contributed by atoms with Crippen LogP contribution in [0.3, 0.4) is 0 Å². The summed E-state index contributed by atoms with van der Waals surface area (Å²) >= 11 is 3.29. The minimum Gasteiger partial charge on any atom is -0.294 e. The van der Waals surface area contributed by atoms with Gasteiger partial charge in [-0.25, -0.2) is 4.39 Å². The van der Waals surface area contributed by atoms with Crippen LogP contribution in [0.4, 0.5) is 4.39 Å². The lowest BCUT2D eigenvalue weighted by Crippen LogP contribution is -2.23. The van der Waals surface area contributed by atoms with Crippen molar-refractivity contribution in [2.24, 2.45) is 5.92 Å². The van der Waals surface area contributed by atoms with Crippen LogP contribution in [0.2, 0.25) is 0 Å². The van der Waals surface area contributed by atoms with Gasteiger partial charge >= 0.3 is 0 Å². The summed E-state index contributed by atoms with van der Waals surface area (Å²) in [6, 6.07) is 12.5. The molecule has 3 rings (SSSR count). The highest BCUT2D eigenvalue weighted by atomic mass is 79.9. The Morgan fingerprint density at radius 1 is 1.15 bits per heavy atom. The molecule has 2 aromatic rings. The van der Waals surface area contributed by atoms with E-state index in [0.717, 1.165) is 19.3 Å². The minimum absolute atomic E-state index is 0.00772. The second kappa shape index (κ2) is 5.49. The molecule has 0 spiro atoms. The second-order valence-electron chi connectivity index (χ2n) is 5.20. The van der Waals surface area contributed by atoms with E-state index < -0.39 is 0 Å². The summed E-state index contributed by atoms with van der Waals surface area (Å²) in [5.41, 5.74) is 3.18. The van der Waals surface area contributed by atoms with Gasteiger partial charge in [0.05, 0.1) is 0 Å². The monoisotopic (exact) mass is 332 g/mol. The molecule has 0 aromatic heterocycles. The average molecular weight is 333 g/mol. The van der Waals surface area contributed by atoms with Gasteiger partial charge in [-0.05, 0) is 64.5 Å². The summed E-state index contributed by atoms with van der Waals surface area (Å²) in [6.45, 7) is 0. The van der Waals surface area contributed by atoms with E-state index in [1.165, 1.54) is 23.3 Å². The first-order valence-electron chi connectivity index (χ1n) is 6.71. The van der Waals surface area contributed by atoms with Crippen LogP contribution < -0.4 is 0 Å². The molecule has 20 heavy (non-hydrogen) atoms. The number of ketones is 1. The molecular formula is C17H14BrFO. The van der Waals surface area contributed by atoms with Crippen molar-refractivity contribution < 1.29 is 9.18 Å². The molecule has 1 atom stereocenters. The average Bonchev–Trinajstić information content (AvgIpc) is 2.46. The normalized spacial score (nSPS) is 17.6. The van der Waals surface area contributed by atoms with Gasteiger partial charge in [-0.15, -0.1) is 0 Å². The number of carbonyl (C=O) groups excluding carboxylic acids is 1. The summed E-state index contributed by atoms with van der Waals surface area (Å²) in [6.07, 6.45) is 2.57. The Morgan fingerprint density at radius 3 is 2.65 bits per heavy atom. The van der Waals surface area contributed by atoms with Crippen LogP contribution in [0, 0.1) is 11.7 Å². The molecule has 0 radical (unpaired) electrons. The molecule has 0 bridgehead atoms. The third-order valence-electron chi connectivity index (χ3n) is 3.91. The highest BCUT2D eigenvalue weighted by Gasteiger charge is 2.26. The van der Waals surface area contributed by atoms with E-state index in [9.17, 15) is 9.18 Å². The Kier molecular flexibility index (Phi) is 3.70. The Labute approximate surface area is 126 Å². The first kappa shape index (κ1) is 13.5. The van der Waals surface area contributed by atoms with Gasteiger partial charge in [-0.1, -0.05) is 24.3 Å². The molecule has 0 heterocycles. The van der Waals surface area contributed by atoms with Crippen molar-refractivity contribution >= 4 is 21.7 Å². The van der Waals surface area contributed by atoms with E-state index >= 15 is 0 Å². The lowest BCUT2D eigenvalue weighted by molar-refractivity contribution is 0.0908. The highest BCUT2D eigenvalue weighted by molar-refractivity contribution is 9.10. The van der Waals surface area contributed by atoms with Gasteiger partial charge in [0.2, 0.25) is 0 Å². The zero-order valence-corrected chi connectivity index (χ0v) is 12.5. The topological polar surface area (TPSA) is 17.1 Å². The molecule has 0 saturated carbocycles. The second-order valence-corrected chi connectivity index (χ2v) is 6.05. The van der Waals surface area contributed by atoms with Crippen molar-refractivity contribution in [1.29, 1.82) is 0 Å². The molecule has 0 N–H and O–H groups in total. The number of benzene rings is 2. The van der Waals surface area contributed by atoms with Crippen molar-refractivity contribution in [2.75, 3.05) is 0 Å². The molecule has 3 heteroatoms. The lowest BCUT2D eigenvalue weighted by Gasteiger charge is -2.23. The van der Waals surface area contributed by atoms with Crippen LogP contribution in [0.5, 0.6) is 0 Å². The quantitative estimate of drug-likeness (QED) is 0.736. The summed E-state index contributed by atoms with van der Waals surface area (Å²) in [5.74, 6) is -0.236. The zero-order valence-electron chi connectivity index (χ0n) is 10.9. The highest BCUT2D eigenvalue weighted by Crippen LogP contribution is 2.30. The van der Waals surface area contributed by atoms with Crippen molar-refractivity contribution in [3.05, 3.63) is 69.4 Å². The SMILES string of the molecule is O=C(c1ccc(F)cc1Br)C1CCc2ccccc2C1. The van der Waals surface area contributed by atoms with Crippen LogP contribution in [0.1, 0.15) is 27.9 Å². The summed E-state index contributed by atoms with van der Waals surface area (Å²) in [4.78, 5) is 12.6. The molecule has 0 aliphatic heterocycles. The largest absolute Gasteiger partial charge is 0.294 e. The van der Waals surface area contributed by atoms with Crippen LogP contribution in [0.25, 0.3) is 0 Å². The maximum Gasteiger partial charge on any atom is 0.167 e. The van der Waals surface area contributed by atoms with Gasteiger partial charge < -0.3 is 0 Å². The number of hydrogen-bond donors (Lipinski definition) is 0. The van der Waals surface area contributed by atoms with Crippen molar-refractivity contribution in [3.8, 4) is 0 Å². The van der Waals surface area contributed by atoms with Crippen molar-refractivity contribution in [2.45, 2.75) is 19.3 Å². The van der Waals surface area contributed by atoms with Gasteiger partial charge in [0, 0.05) is 16.0 Å². The van der Waals surface area contributed by atoms with Crippen LogP contribution >= 0.6 is 15.9 Å². The third kappa shape index (κ3) is 2.55. The molecule has 0 amide bonds. The number of hydrogen-bond acceptors (Lipinski definition) is 1. The summed E-state index contributed by atoms with van der Waals surface area (Å²) in [7, 11) is 0. The number of carbonyl (C=O) groups is 1. The van der Waals surface area contributed by atoms with E-state index in [4.69, 9.17) is 0 Å². The first-order valence-corrected chi connectivity index (χ1v) is 7.50. The third-order valence-corrected chi connectivity index (χ3v) is 4.57. The van der Waals surface area contributed by atoms with Crippen molar-refractivity contribution in [3.63, 3.8) is 0 Å². The molecule has 0 fully saturated rings. The predicted molar refractivity (Wildman–Crippen MR) is 80.4 cm³/mol. The van der Waals surface area contributed by atoms with E-state index in [0.29, 0.717) is 10.0 Å². The van der Waals surface area contributed by atoms with Gasteiger partial charge in [0.15, 0.2) is 5.78 Å². The van der Waals surface area contributed by atoms with Gasteiger partial charge in [0.25, 0.3) is 0 Å². The summed E-state index contributed by atoms with van der Waals surface area (Å²) < 4.78 is 13.7. The van der Waals surface area contributed by atoms with Crippen LogP contribution in [0.15, 0.2) is 46.9 Å². The lowest BCUT2D eigenvalue weighted by atomic mass is 9.80. The maximum atomic E-state index is 13.1. The maximum absolute atomic E-state index is 13.1. The Bertz CT molecular complexity index is 666. The van der Waals surface area contributed by atoms with Crippen molar-refractivity contribution in [1.82, 2.24) is 0 Å². The number of aryl methyl sites for hydroxylation is 1. The number of rotatable bonds is 2. The van der Waals surface area contributed by atoms with E-state index in [-0.39, 0.29) is 17.5 Å². The van der Waals surface area contributed by atoms with Crippen LogP contribution in [-0.2, 0) is 12.8 Å². The van der Waals surface area contributed by atoms with Gasteiger partial charge in [-0.2, -0.15) is 0 Å². The Balaban J connectivity index is 1.86. The fourth-order valence-corrected chi connectivity index (χ4v) is 3.38. The fraction of sp³-hybridized carbons (Fsp3) is 0.235. The van der Waals surface area contributed by atoms with Crippen LogP contribution in [-0.4, -0.2) is 5.78 Å².